The van der Waals surface area contributed by atoms with Gasteiger partial charge in [0.1, 0.15) is 0 Å². The van der Waals surface area contributed by atoms with Crippen molar-refractivity contribution in [2.75, 3.05) is 0 Å². The summed E-state index contributed by atoms with van der Waals surface area (Å²) in [6.07, 6.45) is 0. The van der Waals surface area contributed by atoms with Crippen molar-refractivity contribution < 1.29 is 9.90 Å². The predicted octanol–water partition coefficient (Wildman–Crippen LogP) is -0.848. The Morgan fingerprint density at radius 1 is 1.28 bits per heavy atom. The first-order valence-electron chi connectivity index (χ1n) is 5.29. The number of fused-ring (bicyclic) bond motifs is 1. The molecule has 2 heterocycles. The van der Waals surface area contributed by atoms with Crippen LogP contribution in [0.5, 0.6) is 0 Å². The Labute approximate surface area is 101 Å². The van der Waals surface area contributed by atoms with Gasteiger partial charge in [-0.2, -0.15) is 0 Å². The minimum atomic E-state index is -1.23. The molecule has 0 amide bonds. The monoisotopic (exact) mass is 252 g/mol. The Kier molecular flexibility index (Phi) is 2.57. The first kappa shape index (κ1) is 12.1. The Morgan fingerprint density at radius 2 is 1.89 bits per heavy atom. The van der Waals surface area contributed by atoms with E-state index in [0.29, 0.717) is 0 Å². The summed E-state index contributed by atoms with van der Waals surface area (Å²) < 4.78 is 3.39. The lowest BCUT2D eigenvalue weighted by Gasteiger charge is -2.04. The van der Waals surface area contributed by atoms with Crippen LogP contribution in [0.2, 0.25) is 0 Å². The summed E-state index contributed by atoms with van der Waals surface area (Å²) >= 11 is 0. The third-order valence-electron chi connectivity index (χ3n) is 2.86. The number of carboxylic acid groups (broad SMARTS) is 1. The third-order valence-corrected chi connectivity index (χ3v) is 2.86. The average molecular weight is 252 g/mol. The summed E-state index contributed by atoms with van der Waals surface area (Å²) in [5.74, 6) is -1.48. The van der Waals surface area contributed by atoms with Crippen LogP contribution >= 0.6 is 0 Å². The van der Waals surface area contributed by atoms with Crippen LogP contribution in [-0.2, 0) is 20.6 Å². The molecule has 8 heteroatoms. The fourth-order valence-corrected chi connectivity index (χ4v) is 1.92. The van der Waals surface area contributed by atoms with Crippen molar-refractivity contribution in [3.05, 3.63) is 26.7 Å². The number of nitrogens with zero attached hydrogens (tertiary/aromatic N) is 4. The van der Waals surface area contributed by atoms with Crippen molar-refractivity contribution >= 4 is 17.1 Å². The molecule has 0 atom stereocenters. The molecule has 8 nitrogen and oxygen atoms in total. The minimum absolute atomic E-state index is 0.0855. The fourth-order valence-electron chi connectivity index (χ4n) is 1.92. The van der Waals surface area contributed by atoms with Crippen molar-refractivity contribution in [3.63, 3.8) is 0 Å². The third kappa shape index (κ3) is 1.38. The zero-order valence-electron chi connectivity index (χ0n) is 10.2. The number of carbonyl (C=O) groups is 1. The molecular formula is C10H12N4O4. The maximum absolute atomic E-state index is 12.0. The maximum Gasteiger partial charge on any atom is 0.372 e. The number of hydrogen-bond acceptors (Lipinski definition) is 4. The molecule has 0 saturated carbocycles. The summed E-state index contributed by atoms with van der Waals surface area (Å²) in [6.45, 7) is 1.99. The van der Waals surface area contributed by atoms with E-state index in [1.54, 1.807) is 6.92 Å². The van der Waals surface area contributed by atoms with Gasteiger partial charge in [0.25, 0.3) is 5.56 Å². The highest BCUT2D eigenvalue weighted by Crippen LogP contribution is 2.10. The van der Waals surface area contributed by atoms with Crippen LogP contribution in [0.1, 0.15) is 17.5 Å². The Hall–Kier alpha value is -2.38. The van der Waals surface area contributed by atoms with Gasteiger partial charge in [0, 0.05) is 20.6 Å². The quantitative estimate of drug-likeness (QED) is 0.750. The molecule has 0 saturated heterocycles. The molecule has 1 N–H and O–H groups in total. The molecule has 2 aromatic heterocycles. The second-order valence-corrected chi connectivity index (χ2v) is 3.86. The van der Waals surface area contributed by atoms with Gasteiger partial charge < -0.3 is 9.67 Å². The standard InChI is InChI=1S/C10H12N4O4/c1-4-14-5-6(11-7(14)9(16)17)12(2)10(18)13(3)8(5)15/h4H2,1-3H3,(H,16,17). The number of imidazole rings is 1. The zero-order valence-corrected chi connectivity index (χ0v) is 10.2. The molecule has 2 aromatic rings. The van der Waals surface area contributed by atoms with E-state index in [1.807, 2.05) is 0 Å². The van der Waals surface area contributed by atoms with Crippen LogP contribution in [0.4, 0.5) is 0 Å². The van der Waals surface area contributed by atoms with Gasteiger partial charge in [0.2, 0.25) is 5.82 Å². The van der Waals surface area contributed by atoms with Crippen molar-refractivity contribution in [2.45, 2.75) is 13.5 Å². The molecule has 0 aliphatic carbocycles. The van der Waals surface area contributed by atoms with Gasteiger partial charge in [-0.1, -0.05) is 0 Å². The number of aromatic nitrogens is 4. The summed E-state index contributed by atoms with van der Waals surface area (Å²) in [5.41, 5.74) is -0.873. The highest BCUT2D eigenvalue weighted by molar-refractivity contribution is 5.88. The molecule has 0 unspecified atom stereocenters. The molecule has 2 rings (SSSR count). The highest BCUT2D eigenvalue weighted by Gasteiger charge is 2.21. The molecule has 0 radical (unpaired) electrons. The van der Waals surface area contributed by atoms with E-state index in [-0.39, 0.29) is 23.5 Å². The number of aromatic carboxylic acids is 1. The lowest BCUT2D eigenvalue weighted by molar-refractivity contribution is 0.0679. The minimum Gasteiger partial charge on any atom is -0.475 e. The molecule has 18 heavy (non-hydrogen) atoms. The molecule has 0 aromatic carbocycles. The predicted molar refractivity (Wildman–Crippen MR) is 62.8 cm³/mol. The smallest absolute Gasteiger partial charge is 0.372 e. The van der Waals surface area contributed by atoms with Gasteiger partial charge in [-0.25, -0.2) is 14.6 Å². The number of hydrogen-bond donors (Lipinski definition) is 1. The lowest BCUT2D eigenvalue weighted by Crippen LogP contribution is -2.37. The lowest BCUT2D eigenvalue weighted by atomic mass is 10.5. The highest BCUT2D eigenvalue weighted by atomic mass is 16.4. The molecule has 0 aliphatic heterocycles. The van der Waals surface area contributed by atoms with E-state index in [1.165, 1.54) is 18.7 Å². The van der Waals surface area contributed by atoms with E-state index in [4.69, 9.17) is 5.11 Å². The second-order valence-electron chi connectivity index (χ2n) is 3.86. The van der Waals surface area contributed by atoms with Crippen LogP contribution in [0.3, 0.4) is 0 Å². The molecule has 0 fully saturated rings. The number of carboxylic acids is 1. The van der Waals surface area contributed by atoms with Crippen molar-refractivity contribution in [2.24, 2.45) is 14.1 Å². The summed E-state index contributed by atoms with van der Waals surface area (Å²) in [5, 5.41) is 9.04. The van der Waals surface area contributed by atoms with Crippen molar-refractivity contribution in [1.82, 2.24) is 18.7 Å². The van der Waals surface area contributed by atoms with E-state index in [2.05, 4.69) is 4.98 Å². The maximum atomic E-state index is 12.0. The van der Waals surface area contributed by atoms with Crippen LogP contribution in [0.25, 0.3) is 11.2 Å². The zero-order chi connectivity index (χ0) is 13.6. The summed E-state index contributed by atoms with van der Waals surface area (Å²) in [7, 11) is 2.79. The Balaban J connectivity index is 3.13. The van der Waals surface area contributed by atoms with Gasteiger partial charge in [-0.15, -0.1) is 0 Å². The van der Waals surface area contributed by atoms with E-state index >= 15 is 0 Å². The number of aryl methyl sites for hydroxylation is 2. The van der Waals surface area contributed by atoms with Crippen LogP contribution in [-0.4, -0.2) is 29.8 Å². The summed E-state index contributed by atoms with van der Waals surface area (Å²) in [4.78, 5) is 38.6. The molecule has 0 spiro atoms. The molecule has 96 valence electrons. The van der Waals surface area contributed by atoms with Gasteiger partial charge in [-0.05, 0) is 6.92 Å². The van der Waals surface area contributed by atoms with Gasteiger partial charge >= 0.3 is 11.7 Å². The van der Waals surface area contributed by atoms with Gasteiger partial charge in [-0.3, -0.25) is 13.9 Å². The number of rotatable bonds is 2. The molecule has 0 bridgehead atoms. The normalized spacial score (nSPS) is 11.1. The van der Waals surface area contributed by atoms with E-state index in [9.17, 15) is 14.4 Å². The Morgan fingerprint density at radius 3 is 2.39 bits per heavy atom. The van der Waals surface area contributed by atoms with Crippen LogP contribution in [0, 0.1) is 0 Å². The van der Waals surface area contributed by atoms with Gasteiger partial charge in [0.05, 0.1) is 0 Å². The molecular weight excluding hydrogens is 240 g/mol. The molecule has 0 aliphatic rings. The topological polar surface area (TPSA) is 99.1 Å². The first-order chi connectivity index (χ1) is 8.40. The van der Waals surface area contributed by atoms with Crippen LogP contribution in [0.15, 0.2) is 9.59 Å². The van der Waals surface area contributed by atoms with Crippen molar-refractivity contribution in [3.8, 4) is 0 Å². The SMILES string of the molecule is CCn1c(C(=O)O)nc2c1c(=O)n(C)c(=O)n2C. The average Bonchev–Trinajstić information content (AvgIpc) is 2.73. The Bertz CT molecular complexity index is 765. The van der Waals surface area contributed by atoms with Crippen molar-refractivity contribution in [1.29, 1.82) is 0 Å². The largest absolute Gasteiger partial charge is 0.475 e. The van der Waals surface area contributed by atoms with E-state index < -0.39 is 17.2 Å². The van der Waals surface area contributed by atoms with Gasteiger partial charge in [0.15, 0.2) is 11.2 Å². The summed E-state index contributed by atoms with van der Waals surface area (Å²) in [6, 6.07) is 0. The van der Waals surface area contributed by atoms with Crippen LogP contribution < -0.4 is 11.2 Å². The second kappa shape index (κ2) is 3.83. The first-order valence-corrected chi connectivity index (χ1v) is 5.29. The van der Waals surface area contributed by atoms with E-state index in [0.717, 1.165) is 9.13 Å². The fraction of sp³-hybridized carbons (Fsp3) is 0.400.